The number of carbonyl (C=O) groups excluding carboxylic acids is 8. The van der Waals surface area contributed by atoms with Crippen LogP contribution in [0.4, 0.5) is 0 Å². The lowest BCUT2D eigenvalue weighted by Crippen LogP contribution is -2.61. The molecular weight excluding hydrogens is 1370 g/mol. The number of aliphatic hydroxyl groups excluding tert-OH is 1. The molecule has 0 saturated carbocycles. The van der Waals surface area contributed by atoms with Gasteiger partial charge >= 0.3 is 11.9 Å². The van der Waals surface area contributed by atoms with E-state index >= 15 is 9.59 Å². The highest BCUT2D eigenvalue weighted by molar-refractivity contribution is 7.14. The van der Waals surface area contributed by atoms with Gasteiger partial charge in [0.1, 0.15) is 120 Å². The summed E-state index contributed by atoms with van der Waals surface area (Å²) in [5.41, 5.74) is 1.97. The molecule has 4 aliphatic heterocycles. The number of hydrogen-bond donors (Lipinski definition) is 11. The van der Waals surface area contributed by atoms with Crippen LogP contribution in [0.15, 0.2) is 69.2 Å². The number of thiazole rings is 5. The molecule has 0 unspecified atom stereocenters. The van der Waals surface area contributed by atoms with Crippen molar-refractivity contribution in [3.8, 4) is 38.4 Å². The zero-order chi connectivity index (χ0) is 69.0. The Labute approximate surface area is 567 Å². The Morgan fingerprint density at radius 2 is 1.53 bits per heavy atom. The fourth-order valence-electron chi connectivity index (χ4n) is 11.3. The number of ether oxygens (including phenoxy) is 6. The van der Waals surface area contributed by atoms with E-state index in [9.17, 15) is 49.3 Å². The lowest BCUT2D eigenvalue weighted by atomic mass is 9.86. The number of rotatable bonds is 9. The first kappa shape index (κ1) is 67.4. The first-order chi connectivity index (χ1) is 46.3. The fraction of sp³-hybridized carbons (Fsp3) is 0.333. The molecule has 8 aromatic rings. The van der Waals surface area contributed by atoms with E-state index in [1.54, 1.807) is 33.0 Å². The normalized spacial score (nSPS) is 24.1. The van der Waals surface area contributed by atoms with Gasteiger partial charge in [-0.05, 0) is 52.4 Å². The molecule has 12 bridgehead atoms. The van der Waals surface area contributed by atoms with Gasteiger partial charge < -0.3 is 86.6 Å². The number of aromatic hydroxyl groups is 1. The van der Waals surface area contributed by atoms with E-state index in [4.69, 9.17) is 49.1 Å². The monoisotopic (exact) mass is 1420 g/mol. The highest BCUT2D eigenvalue weighted by atomic mass is 32.1. The molecule has 6 amide bonds. The van der Waals surface area contributed by atoms with Crippen molar-refractivity contribution < 1.29 is 87.3 Å². The molecule has 4 aliphatic rings. The summed E-state index contributed by atoms with van der Waals surface area (Å²) in [5.74, 6) is -8.29. The molecule has 10 atom stereocenters. The van der Waals surface area contributed by atoms with Crippen LogP contribution < -0.4 is 37.6 Å². The van der Waals surface area contributed by atoms with Gasteiger partial charge in [0.05, 0.1) is 48.8 Å². The van der Waals surface area contributed by atoms with Gasteiger partial charge in [-0.3, -0.25) is 28.8 Å². The Bertz CT molecular complexity index is 4570. The van der Waals surface area contributed by atoms with Crippen molar-refractivity contribution in [2.24, 2.45) is 5.73 Å². The molecule has 97 heavy (non-hydrogen) atoms. The first-order valence-corrected chi connectivity index (χ1v) is 33.7. The molecular formula is C60H58N14O18S5. The summed E-state index contributed by atoms with van der Waals surface area (Å²) in [6, 6.07) is 0.568. The molecule has 1 fully saturated rings. The first-order valence-electron chi connectivity index (χ1n) is 29.3. The number of cyclic esters (lactones) is 2. The summed E-state index contributed by atoms with van der Waals surface area (Å²) in [6.07, 6.45) is -7.59. The van der Waals surface area contributed by atoms with Gasteiger partial charge in [-0.2, -0.15) is 4.73 Å². The lowest BCUT2D eigenvalue weighted by molar-refractivity contribution is -0.272. The molecule has 0 aliphatic carbocycles. The van der Waals surface area contributed by atoms with E-state index < -0.39 is 145 Å². The predicted molar refractivity (Wildman–Crippen MR) is 345 cm³/mol. The van der Waals surface area contributed by atoms with Crippen LogP contribution in [0.25, 0.3) is 49.3 Å². The third kappa shape index (κ3) is 13.3. The third-order valence-electron chi connectivity index (χ3n) is 16.1. The quantitative estimate of drug-likeness (QED) is 0.0426. The largest absolute Gasteiger partial charge is 0.506 e. The zero-order valence-corrected chi connectivity index (χ0v) is 55.8. The van der Waals surface area contributed by atoms with E-state index in [1.165, 1.54) is 60.0 Å². The smallest absolute Gasteiger partial charge is 0.358 e. The number of primary amides is 1. The average molecular weight is 1420 g/mol. The summed E-state index contributed by atoms with van der Waals surface area (Å²) >= 11 is 4.45. The van der Waals surface area contributed by atoms with E-state index in [0.29, 0.717) is 10.3 Å². The van der Waals surface area contributed by atoms with E-state index in [-0.39, 0.29) is 105 Å². The molecule has 1 saturated heterocycles. The number of methoxy groups -OCH3 is 1. The van der Waals surface area contributed by atoms with Crippen molar-refractivity contribution in [2.75, 3.05) is 20.8 Å². The number of nitrogens with zero attached hydrogens (tertiary/aromatic N) is 7. The summed E-state index contributed by atoms with van der Waals surface area (Å²) in [6.45, 7) is 7.61. The lowest BCUT2D eigenvalue weighted by Gasteiger charge is -2.45. The molecule has 506 valence electrons. The minimum Gasteiger partial charge on any atom is -0.506 e. The van der Waals surface area contributed by atoms with Crippen LogP contribution in [0.1, 0.15) is 125 Å². The van der Waals surface area contributed by atoms with Gasteiger partial charge in [0.15, 0.2) is 18.1 Å². The van der Waals surface area contributed by atoms with Gasteiger partial charge in [-0.25, -0.2) is 39.5 Å². The van der Waals surface area contributed by atoms with Crippen LogP contribution in [0.2, 0.25) is 0 Å². The zero-order valence-electron chi connectivity index (χ0n) is 51.7. The number of nitrogens with one attached hydrogen (secondary N) is 6. The van der Waals surface area contributed by atoms with Crippen LogP contribution in [0, 0.1) is 0 Å². The topological polar surface area (TPSA) is 453 Å². The van der Waals surface area contributed by atoms with Crippen LogP contribution in [-0.4, -0.2) is 172 Å². The number of aliphatic hydroxyl groups is 2. The van der Waals surface area contributed by atoms with Crippen molar-refractivity contribution >= 4 is 121 Å². The number of hydrogen-bond acceptors (Lipinski definition) is 30. The second-order valence-electron chi connectivity index (χ2n) is 22.7. The van der Waals surface area contributed by atoms with Gasteiger partial charge in [-0.15, -0.1) is 56.7 Å². The maximum Gasteiger partial charge on any atom is 0.358 e. The molecule has 0 spiro atoms. The fourth-order valence-corrected chi connectivity index (χ4v) is 15.5. The van der Waals surface area contributed by atoms with Crippen molar-refractivity contribution in [3.63, 3.8) is 0 Å². The molecule has 0 radical (unpaired) electrons. The van der Waals surface area contributed by atoms with Crippen molar-refractivity contribution in [3.05, 3.63) is 124 Å². The summed E-state index contributed by atoms with van der Waals surface area (Å²) in [7, 11) is 2.94. The van der Waals surface area contributed by atoms with Crippen molar-refractivity contribution in [2.45, 2.75) is 108 Å². The van der Waals surface area contributed by atoms with Crippen molar-refractivity contribution in [1.29, 1.82) is 0 Å². The minimum absolute atomic E-state index is 0.00733. The molecule has 1 aromatic carbocycles. The second kappa shape index (κ2) is 27.2. The second-order valence-corrected chi connectivity index (χ2v) is 27.0. The SMILES string of the molecule is C=C(NC(=O)c1csc(-c2nc3c(cc2O)-c2nc(cs2)C(=O)N[C@H]([C@@H](C)O)C(=O)N/C(=C(\C)OC)c2nc(cs2)C(=O)N[C@@H]2c4nc(cs4)C(=O)N[C@@H](COC(=O)c4c5c6c(cccc6n4O)COC(=O)[C@@H](O[C@H]4C[C@@](C)(O)[C@H](NC)[C@@H](C)O4)[C@@H]2OC5)c2nc-3cs2)n1)C(N)=O. The van der Waals surface area contributed by atoms with E-state index in [2.05, 4.69) is 53.4 Å². The standard InChI is InChI=1S/C60H58N14O18S5/c1-21(47(61)77)63-48(78)30-18-96-56(68-30)41-35(76)11-26-40(70-41)29-16-94-54(65-29)28-15-90-58(83)43-27-14-88-44(45(92-36-12-60(5,85)46(62-6)24(4)91-36)59(84)89-13-25-9-8-10-34(37(25)27)74(43)86)42(57-69-31(19-97-57)49(79)64-28)73-51(81)33-20-95-55(67-33)39(23(3)87-7)72-52(82)38(22(2)75)71-50(80)32-17-93-53(26)66-32/h8-11,16-20,22,24,28,36,38,42,44-46,62,75-76,85-86H,1,12-15H2,2-7H3,(H2,61,77)(H,63,78)(H,64,79)(H,71,80)(H,72,82)(H,73,81)/b39-23+/t22-,24-,28+,36+,38-,42+,44-,45+,46-,60-/m1/s1. The van der Waals surface area contributed by atoms with Crippen molar-refractivity contribution in [1.82, 2.24) is 66.5 Å². The number of fused-ring (bicyclic) bond motifs is 15. The maximum atomic E-state index is 15.1. The summed E-state index contributed by atoms with van der Waals surface area (Å²) in [4.78, 5) is 142. The molecule has 11 heterocycles. The number of benzene rings is 1. The Balaban J connectivity index is 1.04. The van der Waals surface area contributed by atoms with Crippen LogP contribution in [0.3, 0.4) is 0 Å². The number of esters is 2. The molecule has 7 aromatic heterocycles. The number of nitrogens with two attached hydrogens (primary N) is 1. The number of aromatic nitrogens is 7. The predicted octanol–water partition coefficient (Wildman–Crippen LogP) is 3.55. The average Bonchev–Trinajstić information content (AvgIpc) is 1.61. The van der Waals surface area contributed by atoms with Gasteiger partial charge in [0, 0.05) is 49.8 Å². The van der Waals surface area contributed by atoms with Crippen LogP contribution in [0.5, 0.6) is 5.75 Å². The van der Waals surface area contributed by atoms with Gasteiger partial charge in [-0.1, -0.05) is 18.7 Å². The van der Waals surface area contributed by atoms with Gasteiger partial charge in [0.25, 0.3) is 29.5 Å². The number of likely N-dealkylation sites (N-methyl/N-ethyl adjacent to an activating group) is 1. The molecule has 12 rings (SSSR count). The summed E-state index contributed by atoms with van der Waals surface area (Å²) in [5, 5.41) is 70.1. The number of allylic oxidation sites excluding steroid dienone is 1. The van der Waals surface area contributed by atoms with E-state index in [0.717, 1.165) is 56.7 Å². The van der Waals surface area contributed by atoms with E-state index in [1.807, 2.05) is 0 Å². The molecule has 12 N–H and O–H groups in total. The Kier molecular flexibility index (Phi) is 18.9. The number of pyridine rings is 1. The minimum atomic E-state index is -1.92. The summed E-state index contributed by atoms with van der Waals surface area (Å²) < 4.78 is 38.0. The Morgan fingerprint density at radius 3 is 2.25 bits per heavy atom. The highest BCUT2D eigenvalue weighted by Gasteiger charge is 2.49. The molecule has 32 nitrogen and oxygen atoms in total. The highest BCUT2D eigenvalue weighted by Crippen LogP contribution is 2.43. The molecule has 37 heteroatoms. The Hall–Kier alpha value is -9.54. The number of amides is 6. The maximum absolute atomic E-state index is 15.1. The van der Waals surface area contributed by atoms with Crippen LogP contribution in [-0.2, 0) is 56.0 Å². The number of carbonyl (C=O) groups is 8. The third-order valence-corrected chi connectivity index (χ3v) is 20.6. The van der Waals surface area contributed by atoms with Gasteiger partial charge in [0.2, 0.25) is 5.91 Å². The van der Waals surface area contributed by atoms with Crippen LogP contribution >= 0.6 is 56.7 Å². The Morgan fingerprint density at radius 1 is 0.856 bits per heavy atom.